The van der Waals surface area contributed by atoms with Crippen molar-refractivity contribution in [1.29, 1.82) is 0 Å². The number of aliphatic hydroxyl groups excluding tert-OH is 2. The van der Waals surface area contributed by atoms with Crippen LogP contribution < -0.4 is 0 Å². The van der Waals surface area contributed by atoms with Crippen LogP contribution in [-0.2, 0) is 0 Å². The van der Waals surface area contributed by atoms with Gasteiger partial charge in [0.2, 0.25) is 0 Å². The van der Waals surface area contributed by atoms with E-state index in [1.807, 2.05) is 0 Å². The highest BCUT2D eigenvalue weighted by molar-refractivity contribution is 5.28. The molecule has 0 unspecified atom stereocenters. The van der Waals surface area contributed by atoms with Crippen LogP contribution in [0.25, 0.3) is 0 Å². The third-order valence-electron chi connectivity index (χ3n) is 6.58. The fourth-order valence-electron chi connectivity index (χ4n) is 5.71. The Bertz CT molecular complexity index is 589. The molecule has 2 rings (SSSR count). The molecule has 158 valence electrons. The Morgan fingerprint density at radius 1 is 0.607 bits per heavy atom. The lowest BCUT2D eigenvalue weighted by atomic mass is 9.78. The van der Waals surface area contributed by atoms with E-state index >= 15 is 0 Å². The van der Waals surface area contributed by atoms with Gasteiger partial charge in [0.05, 0.1) is 25.3 Å². The minimum Gasteiger partial charge on any atom is -0.393 e. The average molecular weight is 389 g/mol. The van der Waals surface area contributed by atoms with E-state index in [1.165, 1.54) is 0 Å². The van der Waals surface area contributed by atoms with Crippen LogP contribution in [0.2, 0.25) is 0 Å². The minimum absolute atomic E-state index is 0.0774. The lowest BCUT2D eigenvalue weighted by Gasteiger charge is -2.53. The Morgan fingerprint density at radius 3 is 1.11 bits per heavy atom. The summed E-state index contributed by atoms with van der Waals surface area (Å²) in [5.41, 5.74) is -0.310. The lowest BCUT2D eigenvalue weighted by molar-refractivity contribution is -0.0730. The monoisotopic (exact) mass is 388 g/mol. The first-order chi connectivity index (χ1) is 12.7. The smallest absolute Gasteiger partial charge is 0.0621 e. The quantitative estimate of drug-likeness (QED) is 0.714. The Hall–Kier alpha value is -1.04. The van der Waals surface area contributed by atoms with Gasteiger partial charge in [0.1, 0.15) is 0 Å². The molecule has 2 fully saturated rings. The zero-order chi connectivity index (χ0) is 21.4. The molecule has 2 N–H and O–H groups in total. The molecular formula is C24H40N2O2. The molecule has 2 saturated heterocycles. The van der Waals surface area contributed by atoms with Gasteiger partial charge in [0.25, 0.3) is 0 Å². The molecule has 28 heavy (non-hydrogen) atoms. The number of rotatable bonds is 2. The maximum atomic E-state index is 10.2. The van der Waals surface area contributed by atoms with Crippen molar-refractivity contribution in [2.75, 3.05) is 13.1 Å². The molecule has 4 nitrogen and oxygen atoms in total. The van der Waals surface area contributed by atoms with Gasteiger partial charge in [-0.2, -0.15) is 0 Å². The van der Waals surface area contributed by atoms with E-state index in [0.717, 1.165) is 25.7 Å². The topological polar surface area (TPSA) is 46.9 Å². The zero-order valence-electron chi connectivity index (χ0n) is 19.2. The van der Waals surface area contributed by atoms with Crippen LogP contribution in [0.15, 0.2) is 0 Å². The van der Waals surface area contributed by atoms with Crippen LogP contribution in [0.1, 0.15) is 81.1 Å². The first-order valence-electron chi connectivity index (χ1n) is 10.5. The van der Waals surface area contributed by atoms with Gasteiger partial charge in [-0.1, -0.05) is 11.8 Å². The molecule has 0 aromatic heterocycles. The molecular weight excluding hydrogens is 348 g/mol. The molecule has 0 amide bonds. The van der Waals surface area contributed by atoms with Crippen molar-refractivity contribution in [2.24, 2.45) is 0 Å². The summed E-state index contributed by atoms with van der Waals surface area (Å²) in [6.45, 7) is 18.8. The van der Waals surface area contributed by atoms with E-state index in [2.05, 4.69) is 88.9 Å². The molecule has 0 aromatic rings. The summed E-state index contributed by atoms with van der Waals surface area (Å²) < 4.78 is 0. The predicted molar refractivity (Wildman–Crippen MR) is 116 cm³/mol. The fourth-order valence-corrected chi connectivity index (χ4v) is 5.71. The second kappa shape index (κ2) is 8.00. The van der Waals surface area contributed by atoms with Crippen LogP contribution >= 0.6 is 0 Å². The summed E-state index contributed by atoms with van der Waals surface area (Å²) in [7, 11) is 0. The molecule has 2 aliphatic rings. The van der Waals surface area contributed by atoms with Crippen LogP contribution in [0.4, 0.5) is 0 Å². The Labute approximate surface area is 172 Å². The average Bonchev–Trinajstić information content (AvgIpc) is 2.43. The summed E-state index contributed by atoms with van der Waals surface area (Å²) in [6.07, 6.45) is 2.60. The zero-order valence-corrected chi connectivity index (χ0v) is 19.2. The number of hydrogen-bond donors (Lipinski definition) is 2. The molecule has 0 atom stereocenters. The third-order valence-corrected chi connectivity index (χ3v) is 6.58. The first-order valence-corrected chi connectivity index (χ1v) is 10.5. The molecule has 0 radical (unpaired) electrons. The van der Waals surface area contributed by atoms with Gasteiger partial charge in [-0.25, -0.2) is 0 Å². The SMILES string of the molecule is CC1(C)CC(O)CC(C)(C)N1CC#CC#CCN1C(C)(C)CC(O)CC1(C)C. The lowest BCUT2D eigenvalue weighted by Crippen LogP contribution is -2.61. The second-order valence-corrected chi connectivity index (χ2v) is 11.1. The number of likely N-dealkylation sites (tertiary alicyclic amines) is 2. The number of aliphatic hydroxyl groups is 2. The predicted octanol–water partition coefficient (Wildman–Crippen LogP) is 3.02. The summed E-state index contributed by atoms with van der Waals surface area (Å²) in [4.78, 5) is 4.78. The first kappa shape index (κ1) is 23.2. The van der Waals surface area contributed by atoms with Crippen LogP contribution in [0.3, 0.4) is 0 Å². The van der Waals surface area contributed by atoms with Crippen molar-refractivity contribution in [3.05, 3.63) is 0 Å². The van der Waals surface area contributed by atoms with Gasteiger partial charge in [-0.05, 0) is 92.9 Å². The highest BCUT2D eigenvalue weighted by Crippen LogP contribution is 2.38. The highest BCUT2D eigenvalue weighted by Gasteiger charge is 2.45. The minimum atomic E-state index is -0.247. The van der Waals surface area contributed by atoms with Crippen molar-refractivity contribution < 1.29 is 10.2 Å². The Kier molecular flexibility index (Phi) is 6.64. The van der Waals surface area contributed by atoms with E-state index in [-0.39, 0.29) is 34.4 Å². The van der Waals surface area contributed by atoms with E-state index < -0.39 is 0 Å². The molecule has 0 aliphatic carbocycles. The maximum Gasteiger partial charge on any atom is 0.0621 e. The van der Waals surface area contributed by atoms with E-state index in [9.17, 15) is 10.2 Å². The van der Waals surface area contributed by atoms with Crippen LogP contribution in [-0.4, -0.2) is 67.5 Å². The summed E-state index contributed by atoms with van der Waals surface area (Å²) in [6, 6.07) is 0. The molecule has 0 spiro atoms. The van der Waals surface area contributed by atoms with Crippen molar-refractivity contribution in [3.63, 3.8) is 0 Å². The molecule has 2 heterocycles. The van der Waals surface area contributed by atoms with Gasteiger partial charge in [-0.15, -0.1) is 0 Å². The van der Waals surface area contributed by atoms with Gasteiger partial charge >= 0.3 is 0 Å². The fraction of sp³-hybridized carbons (Fsp3) is 0.833. The van der Waals surface area contributed by atoms with E-state index in [0.29, 0.717) is 13.1 Å². The molecule has 0 saturated carbocycles. The van der Waals surface area contributed by atoms with Gasteiger partial charge < -0.3 is 10.2 Å². The maximum absolute atomic E-state index is 10.2. The number of piperidine rings is 2. The second-order valence-electron chi connectivity index (χ2n) is 11.1. The van der Waals surface area contributed by atoms with Crippen LogP contribution in [0, 0.1) is 23.7 Å². The van der Waals surface area contributed by atoms with Crippen molar-refractivity contribution in [2.45, 2.75) is 115 Å². The van der Waals surface area contributed by atoms with Crippen molar-refractivity contribution >= 4 is 0 Å². The van der Waals surface area contributed by atoms with E-state index in [1.54, 1.807) is 0 Å². The number of nitrogens with zero attached hydrogens (tertiary/aromatic N) is 2. The molecule has 0 bridgehead atoms. The normalized spacial score (nSPS) is 27.4. The molecule has 0 aromatic carbocycles. The molecule has 2 aliphatic heterocycles. The largest absolute Gasteiger partial charge is 0.393 e. The summed E-state index contributed by atoms with van der Waals surface area (Å²) in [5, 5.41) is 20.3. The van der Waals surface area contributed by atoms with Gasteiger partial charge in [-0.3, -0.25) is 9.80 Å². The van der Waals surface area contributed by atoms with Crippen LogP contribution in [0.5, 0.6) is 0 Å². The third kappa shape index (κ3) is 5.31. The Morgan fingerprint density at radius 2 is 0.857 bits per heavy atom. The van der Waals surface area contributed by atoms with Crippen molar-refractivity contribution in [3.8, 4) is 23.7 Å². The Balaban J connectivity index is 2.01. The van der Waals surface area contributed by atoms with E-state index in [4.69, 9.17) is 0 Å². The number of hydrogen-bond acceptors (Lipinski definition) is 4. The molecule has 4 heteroatoms. The van der Waals surface area contributed by atoms with Gasteiger partial charge in [0, 0.05) is 22.2 Å². The van der Waals surface area contributed by atoms with Crippen molar-refractivity contribution in [1.82, 2.24) is 9.80 Å². The summed E-state index contributed by atoms with van der Waals surface area (Å²) in [5.74, 6) is 12.5. The van der Waals surface area contributed by atoms with Gasteiger partial charge in [0.15, 0.2) is 0 Å². The highest BCUT2D eigenvalue weighted by atomic mass is 16.3. The standard InChI is InChI=1S/C24H40N2O2/c1-21(2)15-19(27)16-22(3,4)25(21)13-11-9-10-12-14-26-23(5,6)17-20(28)18-24(26,7)8/h19-20,27-28H,13-18H2,1-8H3. The summed E-state index contributed by atoms with van der Waals surface area (Å²) >= 11 is 0.